The lowest BCUT2D eigenvalue weighted by atomic mass is 9.89. The number of rotatable bonds is 7. The predicted octanol–water partition coefficient (Wildman–Crippen LogP) is 1.42. The number of nitrogens with zero attached hydrogens (tertiary/aromatic N) is 7. The average Bonchev–Trinajstić information content (AvgIpc) is 3.34. The Morgan fingerprint density at radius 2 is 2.09 bits per heavy atom. The maximum absolute atomic E-state index is 12.9. The van der Waals surface area contributed by atoms with Gasteiger partial charge in [-0.3, -0.25) is 14.8 Å². The van der Waals surface area contributed by atoms with Crippen molar-refractivity contribution in [1.82, 2.24) is 28.7 Å². The summed E-state index contributed by atoms with van der Waals surface area (Å²) in [7, 11) is -4.73. The first kappa shape index (κ1) is 21.4. The lowest BCUT2D eigenvalue weighted by Gasteiger charge is -2.47. The molecule has 0 atom stereocenters. The Labute approximate surface area is 186 Å². The zero-order valence-electron chi connectivity index (χ0n) is 17.1. The van der Waals surface area contributed by atoms with Gasteiger partial charge in [0.05, 0.1) is 24.4 Å². The molecular formula is C19H18F2N8O3S. The van der Waals surface area contributed by atoms with Crippen LogP contribution in [0.5, 0.6) is 0 Å². The number of carbonyl (C=O) groups is 1. The summed E-state index contributed by atoms with van der Waals surface area (Å²) in [6.45, 7) is -0.557. The summed E-state index contributed by atoms with van der Waals surface area (Å²) in [5.74, 6) is -3.46. The van der Waals surface area contributed by atoms with Gasteiger partial charge in [0, 0.05) is 30.8 Å². The molecule has 0 spiro atoms. The van der Waals surface area contributed by atoms with Crippen LogP contribution in [0.2, 0.25) is 0 Å². The van der Waals surface area contributed by atoms with Crippen LogP contribution in [-0.4, -0.2) is 61.9 Å². The second-order valence-electron chi connectivity index (χ2n) is 8.19. The highest BCUT2D eigenvalue weighted by atomic mass is 32.2. The van der Waals surface area contributed by atoms with Crippen LogP contribution < -0.4 is 5.32 Å². The van der Waals surface area contributed by atoms with E-state index >= 15 is 0 Å². The number of anilines is 1. The molecule has 5 rings (SSSR count). The van der Waals surface area contributed by atoms with Crippen LogP contribution >= 0.6 is 0 Å². The Morgan fingerprint density at radius 1 is 1.33 bits per heavy atom. The molecule has 1 aliphatic heterocycles. The number of pyridine rings is 1. The van der Waals surface area contributed by atoms with Crippen molar-refractivity contribution in [2.45, 2.75) is 30.6 Å². The number of aromatic nitrogens is 5. The van der Waals surface area contributed by atoms with E-state index < -0.39 is 21.3 Å². The van der Waals surface area contributed by atoms with Crippen molar-refractivity contribution < 1.29 is 22.0 Å². The number of carbonyl (C=O) groups excluding carboxylic acids is 1. The highest BCUT2D eigenvalue weighted by Crippen LogP contribution is 2.36. The molecular weight excluding hydrogens is 458 g/mol. The van der Waals surface area contributed by atoms with Crippen LogP contribution in [0.15, 0.2) is 30.6 Å². The first-order chi connectivity index (χ1) is 15.7. The molecule has 1 saturated heterocycles. The van der Waals surface area contributed by atoms with Gasteiger partial charge < -0.3 is 0 Å². The first-order valence-electron chi connectivity index (χ1n) is 10.1. The monoisotopic (exact) mass is 476 g/mol. The minimum Gasteiger partial charge on any atom is -0.293 e. The minimum absolute atomic E-state index is 0.00145. The number of hydrogen-bond acceptors (Lipinski definition) is 7. The summed E-state index contributed by atoms with van der Waals surface area (Å²) in [6, 6.07) is 7.24. The van der Waals surface area contributed by atoms with Gasteiger partial charge in [-0.1, -0.05) is 6.07 Å². The summed E-state index contributed by atoms with van der Waals surface area (Å²) >= 11 is 0. The van der Waals surface area contributed by atoms with E-state index in [0.717, 1.165) is 12.8 Å². The lowest BCUT2D eigenvalue weighted by molar-refractivity contribution is -0.117. The van der Waals surface area contributed by atoms with Crippen LogP contribution in [0.25, 0.3) is 16.9 Å². The maximum atomic E-state index is 12.9. The van der Waals surface area contributed by atoms with Crippen LogP contribution in [0, 0.1) is 17.2 Å². The van der Waals surface area contributed by atoms with Crippen LogP contribution in [-0.2, 0) is 20.4 Å². The smallest absolute Gasteiger partial charge is 0.293 e. The number of alkyl halides is 2. The molecule has 0 unspecified atom stereocenters. The SMILES string of the molecule is N#CCC1(n2cc(-c3cccc4nc(NC(=O)C5CC5)nn34)cn2)CN(S(=O)(=O)C(F)F)C1. The van der Waals surface area contributed by atoms with E-state index in [-0.39, 0.29) is 37.3 Å². The van der Waals surface area contributed by atoms with E-state index in [9.17, 15) is 27.3 Å². The number of nitriles is 1. The van der Waals surface area contributed by atoms with Gasteiger partial charge >= 0.3 is 5.76 Å². The summed E-state index contributed by atoms with van der Waals surface area (Å²) in [4.78, 5) is 16.3. The zero-order chi connectivity index (χ0) is 23.4. The predicted molar refractivity (Wildman–Crippen MR) is 110 cm³/mol. The molecule has 3 aromatic rings. The standard InChI is InChI=1S/C19H18F2N8O3S/c20-17(21)33(31,32)27-10-19(11-27,6-7-22)28-9-13(8-23-28)14-2-1-3-15-24-18(26-29(14)15)25-16(30)12-4-5-12/h1-3,8-9,12,17H,4-6,10-11H2,(H,25,26,30). The average molecular weight is 476 g/mol. The first-order valence-corrected chi connectivity index (χ1v) is 11.6. The number of nitrogens with one attached hydrogen (secondary N) is 1. The fourth-order valence-corrected chi connectivity index (χ4v) is 4.90. The van der Waals surface area contributed by atoms with Gasteiger partial charge in [0.1, 0.15) is 5.54 Å². The molecule has 14 heteroatoms. The summed E-state index contributed by atoms with van der Waals surface area (Å²) < 4.78 is 52.9. The molecule has 1 aliphatic carbocycles. The van der Waals surface area contributed by atoms with Gasteiger partial charge in [0.25, 0.3) is 10.0 Å². The molecule has 172 valence electrons. The Kier molecular flexibility index (Phi) is 4.91. The molecule has 0 bridgehead atoms. The largest absolute Gasteiger partial charge is 0.350 e. The molecule has 2 fully saturated rings. The molecule has 3 aromatic heterocycles. The molecule has 0 radical (unpaired) electrons. The third-order valence-electron chi connectivity index (χ3n) is 5.84. The second-order valence-corrected chi connectivity index (χ2v) is 10.1. The van der Waals surface area contributed by atoms with Crippen molar-refractivity contribution in [2.75, 3.05) is 18.4 Å². The van der Waals surface area contributed by atoms with Crippen molar-refractivity contribution in [3.63, 3.8) is 0 Å². The highest BCUT2D eigenvalue weighted by molar-refractivity contribution is 7.89. The molecule has 1 amide bonds. The number of hydrogen-bond donors (Lipinski definition) is 1. The van der Waals surface area contributed by atoms with Crippen molar-refractivity contribution in [3.8, 4) is 17.3 Å². The van der Waals surface area contributed by atoms with E-state index in [1.807, 2.05) is 6.07 Å². The van der Waals surface area contributed by atoms with Crippen LogP contribution in [0.4, 0.5) is 14.7 Å². The zero-order valence-corrected chi connectivity index (χ0v) is 17.9. The van der Waals surface area contributed by atoms with Crippen LogP contribution in [0.1, 0.15) is 19.3 Å². The van der Waals surface area contributed by atoms with Gasteiger partial charge in [-0.05, 0) is 25.0 Å². The summed E-state index contributed by atoms with van der Waals surface area (Å²) in [5, 5.41) is 20.6. The van der Waals surface area contributed by atoms with E-state index in [1.165, 1.54) is 15.4 Å². The quantitative estimate of drug-likeness (QED) is 0.544. The van der Waals surface area contributed by atoms with Crippen LogP contribution in [0.3, 0.4) is 0 Å². The van der Waals surface area contributed by atoms with Gasteiger partial charge in [-0.2, -0.15) is 28.4 Å². The van der Waals surface area contributed by atoms with Crippen molar-refractivity contribution in [1.29, 1.82) is 5.26 Å². The Bertz CT molecular complexity index is 1380. The Balaban J connectivity index is 1.44. The maximum Gasteiger partial charge on any atom is 0.350 e. The van der Waals surface area contributed by atoms with Crippen molar-refractivity contribution >= 4 is 27.5 Å². The van der Waals surface area contributed by atoms with Crippen molar-refractivity contribution in [3.05, 3.63) is 30.6 Å². The minimum atomic E-state index is -4.73. The molecule has 1 saturated carbocycles. The molecule has 4 heterocycles. The second kappa shape index (κ2) is 7.56. The molecule has 11 nitrogen and oxygen atoms in total. The number of amides is 1. The van der Waals surface area contributed by atoms with Gasteiger partial charge in [0.2, 0.25) is 11.9 Å². The number of sulfonamides is 1. The van der Waals surface area contributed by atoms with Crippen molar-refractivity contribution in [2.24, 2.45) is 5.92 Å². The fraction of sp³-hybridized carbons (Fsp3) is 0.421. The van der Waals surface area contributed by atoms with Gasteiger partial charge in [0.15, 0.2) is 5.65 Å². The van der Waals surface area contributed by atoms with E-state index in [0.29, 0.717) is 21.2 Å². The Morgan fingerprint density at radius 3 is 2.76 bits per heavy atom. The topological polar surface area (TPSA) is 138 Å². The van der Waals surface area contributed by atoms with Gasteiger partial charge in [-0.15, -0.1) is 5.10 Å². The molecule has 0 aromatic carbocycles. The highest BCUT2D eigenvalue weighted by Gasteiger charge is 2.52. The third kappa shape index (κ3) is 3.62. The third-order valence-corrected chi connectivity index (χ3v) is 7.27. The normalized spacial score (nSPS) is 18.2. The molecule has 33 heavy (non-hydrogen) atoms. The summed E-state index contributed by atoms with van der Waals surface area (Å²) in [6.07, 6.45) is 4.73. The van der Waals surface area contributed by atoms with E-state index in [4.69, 9.17) is 0 Å². The lowest BCUT2D eigenvalue weighted by Crippen LogP contribution is -2.64. The van der Waals surface area contributed by atoms with E-state index in [2.05, 4.69) is 20.5 Å². The number of fused-ring (bicyclic) bond motifs is 1. The molecule has 1 N–H and O–H groups in total. The van der Waals surface area contributed by atoms with E-state index in [1.54, 1.807) is 24.4 Å². The summed E-state index contributed by atoms with van der Waals surface area (Å²) in [5.41, 5.74) is 0.643. The van der Waals surface area contributed by atoms with Gasteiger partial charge in [-0.25, -0.2) is 12.9 Å². The molecule has 2 aliphatic rings. The Hall–Kier alpha value is -3.44. The number of halogens is 2. The fourth-order valence-electron chi connectivity index (χ4n) is 3.84.